The first kappa shape index (κ1) is 51.4. The summed E-state index contributed by atoms with van der Waals surface area (Å²) in [5.41, 5.74) is 11.7. The van der Waals surface area contributed by atoms with Crippen LogP contribution in [0, 0.1) is 17.8 Å². The van der Waals surface area contributed by atoms with Crippen molar-refractivity contribution in [3.63, 3.8) is 0 Å². The molecular weight excluding hydrogens is 857 g/mol. The SMILES string of the molecule is CCC(=NC(=C1CC2(CN1C(=O)C(NC(=O)OC)C(C)C)OCCO2)C(C)CC)c1ccc(-c2ccc(C(CC)=NCC3CCCN3C(=O)C(NCOC)C(C)C)c3c2C2(CCCC2)CC3)cc1. The van der Waals surface area contributed by atoms with E-state index in [9.17, 15) is 14.4 Å². The van der Waals surface area contributed by atoms with E-state index in [1.807, 2.05) is 13.8 Å². The summed E-state index contributed by atoms with van der Waals surface area (Å²) in [6.45, 7) is 19.5. The van der Waals surface area contributed by atoms with Crippen LogP contribution in [-0.2, 0) is 40.4 Å². The minimum Gasteiger partial charge on any atom is -0.453 e. The van der Waals surface area contributed by atoms with E-state index in [0.717, 1.165) is 67.0 Å². The van der Waals surface area contributed by atoms with E-state index < -0.39 is 17.9 Å². The van der Waals surface area contributed by atoms with Crippen LogP contribution in [0.5, 0.6) is 0 Å². The van der Waals surface area contributed by atoms with Crippen molar-refractivity contribution >= 4 is 29.3 Å². The summed E-state index contributed by atoms with van der Waals surface area (Å²) in [6, 6.07) is 12.7. The van der Waals surface area contributed by atoms with Crippen LogP contribution < -0.4 is 10.6 Å². The lowest BCUT2D eigenvalue weighted by molar-refractivity contribution is -0.153. The van der Waals surface area contributed by atoms with E-state index in [-0.39, 0.29) is 53.6 Å². The molecule has 3 amide bonds. The standard InChI is InChI=1S/C55H80N6O7/c1-11-37(8)50(46-31-55(67-29-30-68-55)33-61(46)52(63)49(36(6)7)59-53(64)66-10)58-44(12-2)39-20-18-38(19-21-39)41-22-23-42(43-24-27-54(47(41)43)25-14-15-26-54)45(13-3)56-32-40-17-16-28-60(40)51(62)48(35(4)5)57-34-65-9/h18-23,35-37,40,48-49,57H,11-17,24-34H2,1-10H3,(H,59,64). The Kier molecular flexibility index (Phi) is 17.0. The van der Waals surface area contributed by atoms with Gasteiger partial charge in [0.25, 0.3) is 0 Å². The minimum absolute atomic E-state index is 0.0317. The Bertz CT molecular complexity index is 2200. The molecule has 4 fully saturated rings. The van der Waals surface area contributed by atoms with Gasteiger partial charge in [-0.1, -0.05) is 105 Å². The number of amides is 3. The molecule has 2 aromatic carbocycles. The zero-order chi connectivity index (χ0) is 48.8. The second kappa shape index (κ2) is 22.5. The van der Waals surface area contributed by atoms with Crippen LogP contribution in [0.15, 0.2) is 57.8 Å². The van der Waals surface area contributed by atoms with Gasteiger partial charge in [0.15, 0.2) is 5.79 Å². The number of hydrogen-bond acceptors (Lipinski definition) is 10. The Morgan fingerprint density at radius 1 is 0.853 bits per heavy atom. The highest BCUT2D eigenvalue weighted by atomic mass is 16.7. The van der Waals surface area contributed by atoms with Gasteiger partial charge in [-0.15, -0.1) is 0 Å². The molecule has 0 aromatic heterocycles. The van der Waals surface area contributed by atoms with Gasteiger partial charge in [-0.3, -0.25) is 24.9 Å². The summed E-state index contributed by atoms with van der Waals surface area (Å²) in [4.78, 5) is 55.4. The lowest BCUT2D eigenvalue weighted by Crippen LogP contribution is -2.51. The van der Waals surface area contributed by atoms with Crippen molar-refractivity contribution in [1.29, 1.82) is 0 Å². The molecule has 13 nitrogen and oxygen atoms in total. The van der Waals surface area contributed by atoms with Crippen molar-refractivity contribution < 1.29 is 33.3 Å². The third-order valence-corrected chi connectivity index (χ3v) is 15.6. The van der Waals surface area contributed by atoms with Crippen LogP contribution in [0.1, 0.15) is 148 Å². The second-order valence-corrected chi connectivity index (χ2v) is 20.5. The topological polar surface area (TPSA) is 143 Å². The molecular formula is C55H80N6O7. The summed E-state index contributed by atoms with van der Waals surface area (Å²) in [6.07, 6.45) is 11.2. The van der Waals surface area contributed by atoms with Gasteiger partial charge < -0.3 is 34.1 Å². The Labute approximate surface area is 406 Å². The van der Waals surface area contributed by atoms with Crippen molar-refractivity contribution in [2.24, 2.45) is 27.7 Å². The second-order valence-electron chi connectivity index (χ2n) is 20.5. The number of methoxy groups -OCH3 is 2. The average molecular weight is 937 g/mol. The normalized spacial score (nSPS) is 22.1. The molecule has 0 bridgehead atoms. The largest absolute Gasteiger partial charge is 0.453 e. The molecule has 4 atom stereocenters. The maximum absolute atomic E-state index is 14.5. The highest BCUT2D eigenvalue weighted by Crippen LogP contribution is 2.54. The Balaban J connectivity index is 1.21. The van der Waals surface area contributed by atoms with Gasteiger partial charge in [-0.05, 0) is 114 Å². The molecule has 3 aliphatic heterocycles. The number of carbonyl (C=O) groups excluding carboxylic acids is 3. The number of fused-ring (bicyclic) bond motifs is 2. The summed E-state index contributed by atoms with van der Waals surface area (Å²) < 4.78 is 22.6. The molecule has 3 heterocycles. The quantitative estimate of drug-likeness (QED) is 0.111. The molecule has 5 aliphatic rings. The molecule has 1 saturated carbocycles. The number of hydrogen-bond donors (Lipinski definition) is 2. The summed E-state index contributed by atoms with van der Waals surface area (Å²) in [7, 11) is 2.95. The van der Waals surface area contributed by atoms with Gasteiger partial charge >= 0.3 is 6.09 Å². The predicted molar refractivity (Wildman–Crippen MR) is 269 cm³/mol. The van der Waals surface area contributed by atoms with E-state index in [1.54, 1.807) is 12.0 Å². The molecule has 3 saturated heterocycles. The number of benzene rings is 2. The van der Waals surface area contributed by atoms with Gasteiger partial charge in [-0.2, -0.15) is 0 Å². The molecule has 2 N–H and O–H groups in total. The zero-order valence-corrected chi connectivity index (χ0v) is 42.8. The Morgan fingerprint density at radius 3 is 2.16 bits per heavy atom. The maximum atomic E-state index is 14.5. The Hall–Kier alpha value is -4.43. The van der Waals surface area contributed by atoms with Crippen molar-refractivity contribution in [3.05, 3.63) is 70.0 Å². The zero-order valence-electron chi connectivity index (χ0n) is 42.8. The predicted octanol–water partition coefficient (Wildman–Crippen LogP) is 9.33. The fourth-order valence-corrected chi connectivity index (χ4v) is 11.7. The first-order chi connectivity index (χ1) is 32.7. The highest BCUT2D eigenvalue weighted by Gasteiger charge is 2.51. The van der Waals surface area contributed by atoms with E-state index in [0.29, 0.717) is 39.3 Å². The van der Waals surface area contributed by atoms with Crippen LogP contribution in [0.2, 0.25) is 0 Å². The molecule has 372 valence electrons. The molecule has 13 heteroatoms. The Morgan fingerprint density at radius 2 is 1.54 bits per heavy atom. The smallest absolute Gasteiger partial charge is 0.407 e. The first-order valence-corrected chi connectivity index (χ1v) is 25.8. The van der Waals surface area contributed by atoms with Gasteiger partial charge in [-0.25, -0.2) is 4.79 Å². The number of aliphatic imine (C=N–C) groups is 2. The van der Waals surface area contributed by atoms with E-state index in [1.165, 1.54) is 67.0 Å². The monoisotopic (exact) mass is 937 g/mol. The maximum Gasteiger partial charge on any atom is 0.407 e. The summed E-state index contributed by atoms with van der Waals surface area (Å²) in [5.74, 6) is -1.03. The fourth-order valence-electron chi connectivity index (χ4n) is 11.7. The van der Waals surface area contributed by atoms with Crippen LogP contribution in [-0.4, -0.2) is 117 Å². The van der Waals surface area contributed by atoms with E-state index in [4.69, 9.17) is 28.9 Å². The molecule has 68 heavy (non-hydrogen) atoms. The number of carbonyl (C=O) groups is 3. The van der Waals surface area contributed by atoms with Crippen molar-refractivity contribution in [2.75, 3.05) is 53.8 Å². The number of allylic oxidation sites excluding steroid dienone is 1. The van der Waals surface area contributed by atoms with Gasteiger partial charge in [0.2, 0.25) is 11.8 Å². The van der Waals surface area contributed by atoms with Crippen LogP contribution in [0.3, 0.4) is 0 Å². The number of rotatable bonds is 18. The van der Waals surface area contributed by atoms with Crippen LogP contribution >= 0.6 is 0 Å². The first-order valence-electron chi connectivity index (χ1n) is 25.8. The molecule has 0 radical (unpaired) electrons. The average Bonchev–Trinajstić information content (AvgIpc) is 4.22. The van der Waals surface area contributed by atoms with E-state index in [2.05, 4.69) is 93.5 Å². The lowest BCUT2D eigenvalue weighted by Gasteiger charge is -2.30. The highest BCUT2D eigenvalue weighted by molar-refractivity contribution is 6.04. The van der Waals surface area contributed by atoms with Gasteiger partial charge in [0.05, 0.1) is 57.9 Å². The molecule has 2 aliphatic carbocycles. The van der Waals surface area contributed by atoms with E-state index >= 15 is 0 Å². The minimum atomic E-state index is -0.951. The number of alkyl carbamates (subject to hydrolysis) is 1. The van der Waals surface area contributed by atoms with Crippen molar-refractivity contribution in [1.82, 2.24) is 20.4 Å². The summed E-state index contributed by atoms with van der Waals surface area (Å²) in [5, 5.41) is 6.09. The fraction of sp³-hybridized carbons (Fsp3) is 0.655. The van der Waals surface area contributed by atoms with Crippen molar-refractivity contribution in [3.8, 4) is 11.1 Å². The molecule has 7 rings (SSSR count). The number of ether oxygens (including phenoxy) is 4. The number of nitrogens with one attached hydrogen (secondary N) is 2. The van der Waals surface area contributed by atoms with Crippen LogP contribution in [0.25, 0.3) is 11.1 Å². The molecule has 2 aromatic rings. The molecule has 4 unspecified atom stereocenters. The van der Waals surface area contributed by atoms with Gasteiger partial charge in [0.1, 0.15) is 6.04 Å². The van der Waals surface area contributed by atoms with Gasteiger partial charge in [0, 0.05) is 37.2 Å². The third kappa shape index (κ3) is 10.7. The van der Waals surface area contributed by atoms with Crippen LogP contribution in [0.4, 0.5) is 4.79 Å². The number of likely N-dealkylation sites (tertiary alicyclic amines) is 2. The molecule has 2 spiro atoms. The summed E-state index contributed by atoms with van der Waals surface area (Å²) >= 11 is 0. The lowest BCUT2D eigenvalue weighted by atomic mass is 9.76. The van der Waals surface area contributed by atoms with Crippen molar-refractivity contribution in [2.45, 2.75) is 162 Å². The third-order valence-electron chi connectivity index (χ3n) is 15.6. The number of nitrogens with zero attached hydrogens (tertiary/aromatic N) is 4.